The van der Waals surface area contributed by atoms with Gasteiger partial charge in [-0.2, -0.15) is 0 Å². The van der Waals surface area contributed by atoms with Crippen molar-refractivity contribution >= 4 is 0 Å². The van der Waals surface area contributed by atoms with Gasteiger partial charge in [0.2, 0.25) is 0 Å². The van der Waals surface area contributed by atoms with Gasteiger partial charge in [-0.15, -0.1) is 0 Å². The molecule has 3 aliphatic carbocycles. The Morgan fingerprint density at radius 3 is 2.58 bits per heavy atom. The van der Waals surface area contributed by atoms with E-state index in [0.29, 0.717) is 6.04 Å². The molecule has 0 aliphatic heterocycles. The smallest absolute Gasteiger partial charge is 0.0771 e. The summed E-state index contributed by atoms with van der Waals surface area (Å²) in [5.74, 6) is 3.24. The zero-order valence-electron chi connectivity index (χ0n) is 12.4. The quantitative estimate of drug-likeness (QED) is 0.764. The molecule has 0 aromatic heterocycles. The van der Waals surface area contributed by atoms with Crippen LogP contribution in [0.1, 0.15) is 52.4 Å². The lowest BCUT2D eigenvalue weighted by Gasteiger charge is -2.37. The summed E-state index contributed by atoms with van der Waals surface area (Å²) in [7, 11) is 0. The normalized spacial score (nSPS) is 46.7. The molecule has 0 aromatic carbocycles. The van der Waals surface area contributed by atoms with Gasteiger partial charge in [0.05, 0.1) is 5.60 Å². The van der Waals surface area contributed by atoms with E-state index in [1.54, 1.807) is 0 Å². The lowest BCUT2D eigenvalue weighted by Crippen LogP contribution is -2.48. The zero-order chi connectivity index (χ0) is 13.5. The maximum Gasteiger partial charge on any atom is 0.0771 e. The summed E-state index contributed by atoms with van der Waals surface area (Å²) in [6, 6.07) is 0.545. The van der Waals surface area contributed by atoms with Crippen molar-refractivity contribution in [2.45, 2.75) is 64.0 Å². The Balaban J connectivity index is 1.48. The van der Waals surface area contributed by atoms with Crippen molar-refractivity contribution in [1.29, 1.82) is 0 Å². The molecular formula is C17H29NO. The lowest BCUT2D eigenvalue weighted by atomic mass is 9.79. The fraction of sp³-hybridized carbons (Fsp3) is 0.882. The van der Waals surface area contributed by atoms with Gasteiger partial charge in [0, 0.05) is 12.6 Å². The van der Waals surface area contributed by atoms with E-state index in [4.69, 9.17) is 0 Å². The number of hydrogen-bond donors (Lipinski definition) is 2. The second-order valence-corrected chi connectivity index (χ2v) is 7.52. The van der Waals surface area contributed by atoms with E-state index in [1.807, 2.05) is 0 Å². The van der Waals surface area contributed by atoms with Crippen LogP contribution in [0.5, 0.6) is 0 Å². The van der Waals surface area contributed by atoms with Crippen molar-refractivity contribution < 1.29 is 5.11 Å². The van der Waals surface area contributed by atoms with Crippen LogP contribution >= 0.6 is 0 Å². The minimum Gasteiger partial charge on any atom is -0.389 e. The van der Waals surface area contributed by atoms with Gasteiger partial charge in [0.15, 0.2) is 0 Å². The zero-order valence-corrected chi connectivity index (χ0v) is 12.4. The van der Waals surface area contributed by atoms with Gasteiger partial charge in [-0.1, -0.05) is 19.1 Å². The highest BCUT2D eigenvalue weighted by molar-refractivity contribution is 5.11. The van der Waals surface area contributed by atoms with Gasteiger partial charge < -0.3 is 10.4 Å². The van der Waals surface area contributed by atoms with E-state index in [-0.39, 0.29) is 0 Å². The molecule has 2 fully saturated rings. The maximum atomic E-state index is 10.6. The van der Waals surface area contributed by atoms with Crippen LogP contribution in [-0.2, 0) is 0 Å². The molecule has 0 aromatic rings. The highest BCUT2D eigenvalue weighted by atomic mass is 16.3. The van der Waals surface area contributed by atoms with Gasteiger partial charge in [-0.25, -0.2) is 0 Å². The number of hydrogen-bond acceptors (Lipinski definition) is 2. The number of aliphatic hydroxyl groups is 1. The molecule has 4 unspecified atom stereocenters. The van der Waals surface area contributed by atoms with Crippen LogP contribution in [0.15, 0.2) is 12.2 Å². The van der Waals surface area contributed by atoms with E-state index < -0.39 is 5.60 Å². The summed E-state index contributed by atoms with van der Waals surface area (Å²) in [6.45, 7) is 5.41. The third-order valence-electron chi connectivity index (χ3n) is 5.93. The van der Waals surface area contributed by atoms with E-state index in [1.165, 1.54) is 25.7 Å². The Morgan fingerprint density at radius 1 is 1.26 bits per heavy atom. The van der Waals surface area contributed by atoms with E-state index >= 15 is 0 Å². The van der Waals surface area contributed by atoms with Crippen molar-refractivity contribution in [3.05, 3.63) is 12.2 Å². The number of nitrogens with one attached hydrogen (secondary N) is 1. The molecule has 0 spiro atoms. The van der Waals surface area contributed by atoms with Gasteiger partial charge in [-0.05, 0) is 69.1 Å². The Bertz CT molecular complexity index is 343. The topological polar surface area (TPSA) is 32.3 Å². The first-order valence-electron chi connectivity index (χ1n) is 8.20. The first-order chi connectivity index (χ1) is 9.06. The maximum absolute atomic E-state index is 10.6. The van der Waals surface area contributed by atoms with Crippen LogP contribution in [-0.4, -0.2) is 23.3 Å². The summed E-state index contributed by atoms with van der Waals surface area (Å²) < 4.78 is 0. The summed E-state index contributed by atoms with van der Waals surface area (Å²) in [4.78, 5) is 0. The largest absolute Gasteiger partial charge is 0.389 e. The van der Waals surface area contributed by atoms with Gasteiger partial charge >= 0.3 is 0 Å². The molecule has 2 saturated carbocycles. The van der Waals surface area contributed by atoms with Crippen molar-refractivity contribution in [1.82, 2.24) is 5.32 Å². The Hall–Kier alpha value is -0.340. The molecule has 2 heteroatoms. The van der Waals surface area contributed by atoms with Crippen molar-refractivity contribution in [2.75, 3.05) is 6.54 Å². The van der Waals surface area contributed by atoms with Crippen molar-refractivity contribution in [3.8, 4) is 0 Å². The molecule has 19 heavy (non-hydrogen) atoms. The van der Waals surface area contributed by atoms with Crippen LogP contribution < -0.4 is 5.32 Å². The molecule has 2 bridgehead atoms. The fourth-order valence-electron chi connectivity index (χ4n) is 4.38. The number of rotatable bonds is 4. The Kier molecular flexibility index (Phi) is 3.74. The monoisotopic (exact) mass is 263 g/mol. The average molecular weight is 263 g/mol. The molecule has 108 valence electrons. The fourth-order valence-corrected chi connectivity index (χ4v) is 4.38. The lowest BCUT2D eigenvalue weighted by molar-refractivity contribution is -0.00945. The van der Waals surface area contributed by atoms with Crippen LogP contribution in [0.2, 0.25) is 0 Å². The molecule has 3 rings (SSSR count). The minimum atomic E-state index is -0.436. The molecule has 2 nitrogen and oxygen atoms in total. The average Bonchev–Trinajstić information content (AvgIpc) is 3.02. The highest BCUT2D eigenvalue weighted by Gasteiger charge is 2.39. The van der Waals surface area contributed by atoms with Crippen LogP contribution in [0, 0.1) is 23.7 Å². The van der Waals surface area contributed by atoms with Gasteiger partial charge in [-0.3, -0.25) is 0 Å². The molecule has 0 amide bonds. The summed E-state index contributed by atoms with van der Waals surface area (Å²) >= 11 is 0. The Labute approximate surface area is 117 Å². The minimum absolute atomic E-state index is 0.436. The first-order valence-corrected chi connectivity index (χ1v) is 8.20. The Morgan fingerprint density at radius 2 is 2.00 bits per heavy atom. The van der Waals surface area contributed by atoms with Gasteiger partial charge in [0.25, 0.3) is 0 Å². The second kappa shape index (κ2) is 5.21. The van der Waals surface area contributed by atoms with E-state index in [9.17, 15) is 5.11 Å². The van der Waals surface area contributed by atoms with Crippen LogP contribution in [0.25, 0.3) is 0 Å². The summed E-state index contributed by atoms with van der Waals surface area (Å²) in [5.41, 5.74) is -0.436. The third-order valence-corrected chi connectivity index (χ3v) is 5.93. The number of allylic oxidation sites excluding steroid dienone is 2. The SMILES string of the molecule is CC1CCC(O)(CNC(C)C2CC3C=CC2C3)CC1. The molecule has 0 radical (unpaired) electrons. The van der Waals surface area contributed by atoms with Crippen molar-refractivity contribution in [3.63, 3.8) is 0 Å². The number of fused-ring (bicyclic) bond motifs is 2. The molecule has 0 saturated heterocycles. The summed E-state index contributed by atoms with van der Waals surface area (Å²) in [6.07, 6.45) is 11.9. The van der Waals surface area contributed by atoms with Crippen molar-refractivity contribution in [2.24, 2.45) is 23.7 Å². The summed E-state index contributed by atoms with van der Waals surface area (Å²) in [5, 5.41) is 14.3. The highest BCUT2D eigenvalue weighted by Crippen LogP contribution is 2.45. The van der Waals surface area contributed by atoms with Crippen LogP contribution in [0.3, 0.4) is 0 Å². The standard InChI is InChI=1S/C17H29NO/c1-12-5-7-17(19,8-6-12)11-18-13(2)16-10-14-3-4-15(16)9-14/h3-4,12-16,18-19H,5-11H2,1-2H3. The van der Waals surface area contributed by atoms with Gasteiger partial charge in [0.1, 0.15) is 0 Å². The van der Waals surface area contributed by atoms with E-state index in [2.05, 4.69) is 31.3 Å². The molecular weight excluding hydrogens is 234 g/mol. The predicted molar refractivity (Wildman–Crippen MR) is 78.9 cm³/mol. The molecule has 4 atom stereocenters. The second-order valence-electron chi connectivity index (χ2n) is 7.52. The van der Waals surface area contributed by atoms with Crippen LogP contribution in [0.4, 0.5) is 0 Å². The predicted octanol–water partition coefficient (Wildman–Crippen LogP) is 3.12. The third kappa shape index (κ3) is 2.90. The molecule has 2 N–H and O–H groups in total. The van der Waals surface area contributed by atoms with E-state index in [0.717, 1.165) is 43.1 Å². The molecule has 3 aliphatic rings. The molecule has 0 heterocycles. The first kappa shape index (κ1) is 13.6.